The van der Waals surface area contributed by atoms with Crippen molar-refractivity contribution < 1.29 is 14.6 Å². The predicted molar refractivity (Wildman–Crippen MR) is 76.1 cm³/mol. The van der Waals surface area contributed by atoms with Crippen LogP contribution in [0.5, 0.6) is 5.75 Å². The van der Waals surface area contributed by atoms with Crippen LogP contribution >= 0.6 is 15.9 Å². The van der Waals surface area contributed by atoms with E-state index in [1.165, 1.54) is 0 Å². The molecule has 1 saturated heterocycles. The molecule has 1 aromatic carbocycles. The van der Waals surface area contributed by atoms with Gasteiger partial charge in [0.05, 0.1) is 5.60 Å². The maximum absolute atomic E-state index is 12.2. The van der Waals surface area contributed by atoms with Gasteiger partial charge in [-0.1, -0.05) is 15.9 Å². The lowest BCUT2D eigenvalue weighted by Gasteiger charge is -2.23. The van der Waals surface area contributed by atoms with Crippen molar-refractivity contribution in [2.24, 2.45) is 0 Å². The first-order chi connectivity index (χ1) is 8.87. The van der Waals surface area contributed by atoms with Gasteiger partial charge in [0.25, 0.3) is 5.91 Å². The first kappa shape index (κ1) is 14.3. The predicted octanol–water partition coefficient (Wildman–Crippen LogP) is 2.20. The summed E-state index contributed by atoms with van der Waals surface area (Å²) in [5.41, 5.74) is -0.771. The van der Waals surface area contributed by atoms with Crippen molar-refractivity contribution in [3.8, 4) is 5.75 Å². The highest BCUT2D eigenvalue weighted by Gasteiger charge is 2.35. The second-order valence-corrected chi connectivity index (χ2v) is 6.14. The zero-order valence-electron chi connectivity index (χ0n) is 11.1. The third kappa shape index (κ3) is 3.70. The summed E-state index contributed by atoms with van der Waals surface area (Å²) in [4.78, 5) is 13.8. The van der Waals surface area contributed by atoms with Gasteiger partial charge in [-0.3, -0.25) is 4.79 Å². The molecule has 1 aliphatic rings. The molecule has 2 rings (SSSR count). The molecule has 1 aliphatic heterocycles. The molecule has 1 fully saturated rings. The zero-order chi connectivity index (χ0) is 14.0. The summed E-state index contributed by atoms with van der Waals surface area (Å²) in [7, 11) is 0. The Kier molecular flexibility index (Phi) is 4.16. The molecule has 0 bridgehead atoms. The van der Waals surface area contributed by atoms with E-state index in [1.54, 1.807) is 18.7 Å². The molecular formula is C14H18BrNO3. The van der Waals surface area contributed by atoms with Gasteiger partial charge < -0.3 is 14.7 Å². The standard InChI is InChI=1S/C14H18BrNO3/c1-10(19-12-5-3-11(15)4-6-12)13(17)16-8-7-14(2,18)9-16/h3-6,10,18H,7-9H2,1-2H3. The number of carbonyl (C=O) groups excluding carboxylic acids is 1. The molecule has 0 aliphatic carbocycles. The van der Waals surface area contributed by atoms with Crippen LogP contribution in [0.25, 0.3) is 0 Å². The smallest absolute Gasteiger partial charge is 0.263 e. The molecule has 104 valence electrons. The first-order valence-electron chi connectivity index (χ1n) is 6.31. The zero-order valence-corrected chi connectivity index (χ0v) is 12.7. The monoisotopic (exact) mass is 327 g/mol. The van der Waals surface area contributed by atoms with E-state index in [1.807, 2.05) is 24.3 Å². The van der Waals surface area contributed by atoms with Gasteiger partial charge >= 0.3 is 0 Å². The Morgan fingerprint density at radius 2 is 2.11 bits per heavy atom. The average molecular weight is 328 g/mol. The summed E-state index contributed by atoms with van der Waals surface area (Å²) < 4.78 is 6.59. The number of hydrogen-bond donors (Lipinski definition) is 1. The van der Waals surface area contributed by atoms with Crippen LogP contribution in [-0.2, 0) is 4.79 Å². The lowest BCUT2D eigenvalue weighted by molar-refractivity contribution is -0.137. The Morgan fingerprint density at radius 3 is 2.63 bits per heavy atom. The van der Waals surface area contributed by atoms with Crippen molar-refractivity contribution >= 4 is 21.8 Å². The summed E-state index contributed by atoms with van der Waals surface area (Å²) in [6.45, 7) is 4.44. The Bertz CT molecular complexity index is 458. The fraction of sp³-hybridized carbons (Fsp3) is 0.500. The number of carbonyl (C=O) groups is 1. The lowest BCUT2D eigenvalue weighted by atomic mass is 10.1. The van der Waals surface area contributed by atoms with Crippen molar-refractivity contribution in [1.82, 2.24) is 4.90 Å². The van der Waals surface area contributed by atoms with E-state index in [0.29, 0.717) is 25.3 Å². The molecule has 1 amide bonds. The van der Waals surface area contributed by atoms with Crippen LogP contribution < -0.4 is 4.74 Å². The molecule has 1 heterocycles. The molecule has 2 unspecified atom stereocenters. The second kappa shape index (κ2) is 5.51. The highest BCUT2D eigenvalue weighted by Crippen LogP contribution is 2.22. The van der Waals surface area contributed by atoms with Crippen molar-refractivity contribution in [1.29, 1.82) is 0 Å². The molecule has 1 N–H and O–H groups in total. The Morgan fingerprint density at radius 1 is 1.47 bits per heavy atom. The van der Waals surface area contributed by atoms with Crippen LogP contribution in [0.4, 0.5) is 0 Å². The van der Waals surface area contributed by atoms with E-state index in [4.69, 9.17) is 4.74 Å². The van der Waals surface area contributed by atoms with Crippen LogP contribution in [0.2, 0.25) is 0 Å². The number of benzene rings is 1. The van der Waals surface area contributed by atoms with Crippen molar-refractivity contribution in [2.75, 3.05) is 13.1 Å². The quantitative estimate of drug-likeness (QED) is 0.925. The lowest BCUT2D eigenvalue weighted by Crippen LogP contribution is -2.41. The number of aliphatic hydroxyl groups is 1. The molecule has 4 nitrogen and oxygen atoms in total. The summed E-state index contributed by atoms with van der Waals surface area (Å²) >= 11 is 3.35. The molecule has 0 spiro atoms. The van der Waals surface area contributed by atoms with Gasteiger partial charge in [0.15, 0.2) is 6.10 Å². The summed E-state index contributed by atoms with van der Waals surface area (Å²) in [5, 5.41) is 9.88. The first-order valence-corrected chi connectivity index (χ1v) is 7.10. The molecule has 5 heteroatoms. The molecule has 0 aromatic heterocycles. The van der Waals surface area contributed by atoms with Crippen LogP contribution in [0.1, 0.15) is 20.3 Å². The number of β-amino-alcohol motifs (C(OH)–C–C–N with tert-alkyl or cyclic N) is 1. The van der Waals surface area contributed by atoms with E-state index >= 15 is 0 Å². The number of nitrogens with zero attached hydrogens (tertiary/aromatic N) is 1. The Balaban J connectivity index is 1.94. The minimum Gasteiger partial charge on any atom is -0.481 e. The molecule has 0 radical (unpaired) electrons. The number of amides is 1. The van der Waals surface area contributed by atoms with E-state index in [-0.39, 0.29) is 5.91 Å². The SMILES string of the molecule is CC(Oc1ccc(Br)cc1)C(=O)N1CCC(C)(O)C1. The van der Waals surface area contributed by atoms with E-state index in [2.05, 4.69) is 15.9 Å². The minimum absolute atomic E-state index is 0.0827. The van der Waals surface area contributed by atoms with Gasteiger partial charge in [-0.05, 0) is 44.5 Å². The Hall–Kier alpha value is -1.07. The highest BCUT2D eigenvalue weighted by atomic mass is 79.9. The average Bonchev–Trinajstić information content (AvgIpc) is 2.71. The normalized spacial score (nSPS) is 24.3. The third-order valence-electron chi connectivity index (χ3n) is 3.24. The van der Waals surface area contributed by atoms with Gasteiger partial charge in [0, 0.05) is 17.6 Å². The fourth-order valence-electron chi connectivity index (χ4n) is 2.16. The fourth-order valence-corrected chi connectivity index (χ4v) is 2.42. The van der Waals surface area contributed by atoms with Crippen LogP contribution in [-0.4, -0.2) is 40.7 Å². The maximum atomic E-state index is 12.2. The van der Waals surface area contributed by atoms with Crippen molar-refractivity contribution in [2.45, 2.75) is 32.0 Å². The number of rotatable bonds is 3. The second-order valence-electron chi connectivity index (χ2n) is 5.22. The van der Waals surface area contributed by atoms with Crippen LogP contribution in [0.3, 0.4) is 0 Å². The minimum atomic E-state index is -0.771. The van der Waals surface area contributed by atoms with E-state index in [0.717, 1.165) is 4.47 Å². The number of likely N-dealkylation sites (tertiary alicyclic amines) is 1. The number of hydrogen-bond acceptors (Lipinski definition) is 3. The van der Waals surface area contributed by atoms with Crippen molar-refractivity contribution in [3.05, 3.63) is 28.7 Å². The Labute approximate surface area is 121 Å². The molecule has 19 heavy (non-hydrogen) atoms. The summed E-state index contributed by atoms with van der Waals surface area (Å²) in [5.74, 6) is 0.579. The van der Waals surface area contributed by atoms with E-state index in [9.17, 15) is 9.90 Å². The number of halogens is 1. The molecule has 0 saturated carbocycles. The summed E-state index contributed by atoms with van der Waals surface area (Å²) in [6.07, 6.45) is 0.0686. The van der Waals surface area contributed by atoms with Gasteiger partial charge in [0.1, 0.15) is 5.75 Å². The topological polar surface area (TPSA) is 49.8 Å². The van der Waals surface area contributed by atoms with Gasteiger partial charge in [-0.25, -0.2) is 0 Å². The van der Waals surface area contributed by atoms with Crippen LogP contribution in [0.15, 0.2) is 28.7 Å². The molecule has 2 atom stereocenters. The number of ether oxygens (including phenoxy) is 1. The largest absolute Gasteiger partial charge is 0.481 e. The maximum Gasteiger partial charge on any atom is 0.263 e. The highest BCUT2D eigenvalue weighted by molar-refractivity contribution is 9.10. The van der Waals surface area contributed by atoms with Gasteiger partial charge in [-0.2, -0.15) is 0 Å². The van der Waals surface area contributed by atoms with Gasteiger partial charge in [0.2, 0.25) is 0 Å². The van der Waals surface area contributed by atoms with Gasteiger partial charge in [-0.15, -0.1) is 0 Å². The third-order valence-corrected chi connectivity index (χ3v) is 3.77. The molecule has 1 aromatic rings. The van der Waals surface area contributed by atoms with E-state index < -0.39 is 11.7 Å². The molecular weight excluding hydrogens is 310 g/mol. The van der Waals surface area contributed by atoms with Crippen LogP contribution in [0, 0.1) is 0 Å². The van der Waals surface area contributed by atoms with Crippen molar-refractivity contribution in [3.63, 3.8) is 0 Å². The summed E-state index contributed by atoms with van der Waals surface area (Å²) in [6, 6.07) is 7.36.